The van der Waals surface area contributed by atoms with Gasteiger partial charge >= 0.3 is 0 Å². The number of hydrazine groups is 1. The second-order valence-corrected chi connectivity index (χ2v) is 6.11. The van der Waals surface area contributed by atoms with Gasteiger partial charge < -0.3 is 0 Å². The summed E-state index contributed by atoms with van der Waals surface area (Å²) in [5.74, 6) is 7.15. The molecule has 0 bridgehead atoms. The van der Waals surface area contributed by atoms with Gasteiger partial charge in [0.05, 0.1) is 0 Å². The molecular weight excluding hydrogens is 247 g/mol. The summed E-state index contributed by atoms with van der Waals surface area (Å²) in [6, 6.07) is 7.06. The number of halogens is 1. The number of hydrogen-bond acceptors (Lipinski definition) is 3. The van der Waals surface area contributed by atoms with Crippen molar-refractivity contribution in [2.45, 2.75) is 43.0 Å². The highest BCUT2D eigenvalue weighted by molar-refractivity contribution is 7.99. The molecule has 1 aliphatic rings. The predicted molar refractivity (Wildman–Crippen MR) is 74.8 cm³/mol. The van der Waals surface area contributed by atoms with Gasteiger partial charge in [-0.3, -0.25) is 11.3 Å². The van der Waals surface area contributed by atoms with Crippen molar-refractivity contribution in [1.82, 2.24) is 5.43 Å². The topological polar surface area (TPSA) is 38.0 Å². The highest BCUT2D eigenvalue weighted by atomic mass is 32.2. The van der Waals surface area contributed by atoms with E-state index in [1.165, 1.54) is 31.7 Å². The Balaban J connectivity index is 1.79. The molecule has 0 spiro atoms. The van der Waals surface area contributed by atoms with Crippen LogP contribution in [-0.2, 0) is 0 Å². The Labute approximate surface area is 112 Å². The molecule has 4 heteroatoms. The molecule has 0 saturated heterocycles. The molecule has 100 valence electrons. The first-order valence-electron chi connectivity index (χ1n) is 6.62. The minimum atomic E-state index is -0.173. The lowest BCUT2D eigenvalue weighted by molar-refractivity contribution is 0.415. The summed E-state index contributed by atoms with van der Waals surface area (Å²) in [6.45, 7) is 0. The SMILES string of the molecule is NNC(CSc1cccc(F)c1)CC1CCCC1. The van der Waals surface area contributed by atoms with E-state index in [2.05, 4.69) is 5.43 Å². The number of nitrogens with two attached hydrogens (primary N) is 1. The van der Waals surface area contributed by atoms with E-state index in [0.29, 0.717) is 6.04 Å². The van der Waals surface area contributed by atoms with Crippen LogP contribution in [0.5, 0.6) is 0 Å². The average Bonchev–Trinajstić information content (AvgIpc) is 2.87. The van der Waals surface area contributed by atoms with Crippen molar-refractivity contribution in [3.8, 4) is 0 Å². The maximum absolute atomic E-state index is 13.0. The van der Waals surface area contributed by atoms with Crippen molar-refractivity contribution in [2.75, 3.05) is 5.75 Å². The molecule has 0 aliphatic heterocycles. The maximum atomic E-state index is 13.0. The first-order valence-corrected chi connectivity index (χ1v) is 7.61. The van der Waals surface area contributed by atoms with Crippen LogP contribution in [0.2, 0.25) is 0 Å². The van der Waals surface area contributed by atoms with Gasteiger partial charge in [0.25, 0.3) is 0 Å². The molecule has 3 N–H and O–H groups in total. The summed E-state index contributed by atoms with van der Waals surface area (Å²) in [4.78, 5) is 0.974. The lowest BCUT2D eigenvalue weighted by Crippen LogP contribution is -2.38. The molecule has 1 aromatic rings. The van der Waals surface area contributed by atoms with E-state index in [0.717, 1.165) is 23.0 Å². The summed E-state index contributed by atoms with van der Waals surface area (Å²) in [5, 5.41) is 0. The number of rotatable bonds is 6. The Morgan fingerprint density at radius 3 is 2.83 bits per heavy atom. The summed E-state index contributed by atoms with van der Waals surface area (Å²) >= 11 is 1.67. The molecule has 0 aromatic heterocycles. The molecule has 0 radical (unpaired) electrons. The molecule has 1 aliphatic carbocycles. The molecule has 2 rings (SSSR count). The van der Waals surface area contributed by atoms with Crippen LogP contribution in [0.3, 0.4) is 0 Å². The first kappa shape index (κ1) is 13.8. The number of benzene rings is 1. The van der Waals surface area contributed by atoms with Crippen LogP contribution in [0.15, 0.2) is 29.2 Å². The molecule has 1 atom stereocenters. The fourth-order valence-corrected chi connectivity index (χ4v) is 3.58. The van der Waals surface area contributed by atoms with E-state index in [1.54, 1.807) is 23.9 Å². The summed E-state index contributed by atoms with van der Waals surface area (Å²) < 4.78 is 13.0. The molecule has 0 heterocycles. The van der Waals surface area contributed by atoms with Crippen LogP contribution in [-0.4, -0.2) is 11.8 Å². The van der Waals surface area contributed by atoms with Crippen molar-refractivity contribution < 1.29 is 4.39 Å². The monoisotopic (exact) mass is 268 g/mol. The standard InChI is InChI=1S/C14H21FN2S/c15-12-6-3-7-14(9-12)18-10-13(17-16)8-11-4-1-2-5-11/h3,6-7,9,11,13,17H,1-2,4-5,8,10,16H2. The zero-order valence-electron chi connectivity index (χ0n) is 10.6. The minimum absolute atomic E-state index is 0.173. The third-order valence-corrected chi connectivity index (χ3v) is 4.73. The number of nitrogens with one attached hydrogen (secondary N) is 1. The van der Waals surface area contributed by atoms with Gasteiger partial charge in [-0.2, -0.15) is 0 Å². The molecular formula is C14H21FN2S. The van der Waals surface area contributed by atoms with Crippen molar-refractivity contribution in [3.05, 3.63) is 30.1 Å². The quantitative estimate of drug-likeness (QED) is 0.472. The molecule has 2 nitrogen and oxygen atoms in total. The van der Waals surface area contributed by atoms with Crippen LogP contribution in [0.1, 0.15) is 32.1 Å². The highest BCUT2D eigenvalue weighted by Gasteiger charge is 2.19. The first-order chi connectivity index (χ1) is 8.78. The van der Waals surface area contributed by atoms with Crippen molar-refractivity contribution in [3.63, 3.8) is 0 Å². The van der Waals surface area contributed by atoms with Gasteiger partial charge in [-0.1, -0.05) is 31.7 Å². The highest BCUT2D eigenvalue weighted by Crippen LogP contribution is 2.30. The Hall–Kier alpha value is -0.580. The van der Waals surface area contributed by atoms with Crippen LogP contribution < -0.4 is 11.3 Å². The van der Waals surface area contributed by atoms with E-state index in [1.807, 2.05) is 6.07 Å². The van der Waals surface area contributed by atoms with Gasteiger partial charge in [0.2, 0.25) is 0 Å². The van der Waals surface area contributed by atoms with Crippen LogP contribution in [0, 0.1) is 11.7 Å². The normalized spacial score (nSPS) is 18.1. The smallest absolute Gasteiger partial charge is 0.124 e. The maximum Gasteiger partial charge on any atom is 0.124 e. The Morgan fingerprint density at radius 1 is 1.39 bits per heavy atom. The Bertz CT molecular complexity index is 367. The average molecular weight is 268 g/mol. The molecule has 1 saturated carbocycles. The second-order valence-electron chi connectivity index (χ2n) is 5.02. The van der Waals surface area contributed by atoms with E-state index in [-0.39, 0.29) is 5.82 Å². The second kappa shape index (κ2) is 7.12. The van der Waals surface area contributed by atoms with Gasteiger partial charge in [-0.05, 0) is 30.5 Å². The minimum Gasteiger partial charge on any atom is -0.271 e. The van der Waals surface area contributed by atoms with Gasteiger partial charge in [0, 0.05) is 16.7 Å². The molecule has 1 fully saturated rings. The van der Waals surface area contributed by atoms with Crippen molar-refractivity contribution >= 4 is 11.8 Å². The van der Waals surface area contributed by atoms with E-state index in [9.17, 15) is 4.39 Å². The van der Waals surface area contributed by atoms with Crippen LogP contribution >= 0.6 is 11.8 Å². The van der Waals surface area contributed by atoms with Crippen LogP contribution in [0.4, 0.5) is 4.39 Å². The number of hydrogen-bond donors (Lipinski definition) is 2. The van der Waals surface area contributed by atoms with E-state index < -0.39 is 0 Å². The Kier molecular flexibility index (Phi) is 5.47. The van der Waals surface area contributed by atoms with E-state index in [4.69, 9.17) is 5.84 Å². The van der Waals surface area contributed by atoms with Gasteiger partial charge in [0.1, 0.15) is 5.82 Å². The van der Waals surface area contributed by atoms with Gasteiger partial charge in [-0.25, -0.2) is 4.39 Å². The third kappa shape index (κ3) is 4.26. The summed E-state index contributed by atoms with van der Waals surface area (Å²) in [6.07, 6.45) is 6.53. The zero-order chi connectivity index (χ0) is 12.8. The largest absolute Gasteiger partial charge is 0.271 e. The zero-order valence-corrected chi connectivity index (χ0v) is 11.4. The summed E-state index contributed by atoms with van der Waals surface area (Å²) in [5.41, 5.74) is 2.90. The van der Waals surface area contributed by atoms with E-state index >= 15 is 0 Å². The third-order valence-electron chi connectivity index (χ3n) is 3.58. The fourth-order valence-electron chi connectivity index (χ4n) is 2.59. The Morgan fingerprint density at radius 2 is 2.17 bits per heavy atom. The van der Waals surface area contributed by atoms with Crippen molar-refractivity contribution in [2.24, 2.45) is 11.8 Å². The lowest BCUT2D eigenvalue weighted by Gasteiger charge is -2.19. The van der Waals surface area contributed by atoms with Gasteiger partial charge in [0.15, 0.2) is 0 Å². The molecule has 18 heavy (non-hydrogen) atoms. The predicted octanol–water partition coefficient (Wildman–Crippen LogP) is 3.33. The molecule has 0 amide bonds. The fraction of sp³-hybridized carbons (Fsp3) is 0.571. The van der Waals surface area contributed by atoms with Gasteiger partial charge in [-0.15, -0.1) is 11.8 Å². The molecule has 1 aromatic carbocycles. The number of thioether (sulfide) groups is 1. The summed E-state index contributed by atoms with van der Waals surface area (Å²) in [7, 11) is 0. The lowest BCUT2D eigenvalue weighted by atomic mass is 10.00. The van der Waals surface area contributed by atoms with Crippen molar-refractivity contribution in [1.29, 1.82) is 0 Å². The van der Waals surface area contributed by atoms with Crippen LogP contribution in [0.25, 0.3) is 0 Å². The molecule has 1 unspecified atom stereocenters.